The number of aliphatic imine (C=N–C) groups is 1. The van der Waals surface area contributed by atoms with Crippen molar-refractivity contribution in [2.75, 3.05) is 0 Å². The van der Waals surface area contributed by atoms with Gasteiger partial charge in [0.15, 0.2) is 5.17 Å². The van der Waals surface area contributed by atoms with Gasteiger partial charge in [-0.05, 0) is 108 Å². The Labute approximate surface area is 196 Å². The lowest BCUT2D eigenvalue weighted by Crippen LogP contribution is -2.36. The third-order valence-electron chi connectivity index (χ3n) is 4.47. The van der Waals surface area contributed by atoms with Crippen molar-refractivity contribution in [2.24, 2.45) is 4.99 Å². The van der Waals surface area contributed by atoms with E-state index >= 15 is 0 Å². The Balaban J connectivity index is 2.03. The number of thioether (sulfide) groups is 1. The third-order valence-corrected chi connectivity index (χ3v) is 6.90. The largest absolute Gasteiger partial charge is 0.506 e. The minimum absolute atomic E-state index is 0.0414. The van der Waals surface area contributed by atoms with Crippen LogP contribution in [-0.4, -0.2) is 27.1 Å². The van der Waals surface area contributed by atoms with Gasteiger partial charge in [-0.2, -0.15) is 0 Å². The highest BCUT2D eigenvalue weighted by molar-refractivity contribution is 14.1. The number of phenolic OH excluding ortho intramolecular Hbond substituents is 1. The molecule has 0 aliphatic carbocycles. The fourth-order valence-corrected chi connectivity index (χ4v) is 5.67. The Morgan fingerprint density at radius 2 is 1.93 bits per heavy atom. The van der Waals surface area contributed by atoms with Crippen molar-refractivity contribution in [1.82, 2.24) is 4.90 Å². The molecule has 1 amide bonds. The van der Waals surface area contributed by atoms with Gasteiger partial charge in [-0.25, -0.2) is 4.99 Å². The van der Waals surface area contributed by atoms with Gasteiger partial charge in [-0.15, -0.1) is 0 Å². The number of aromatic hydroxyl groups is 1. The molecule has 1 fully saturated rings. The van der Waals surface area contributed by atoms with Crippen LogP contribution >= 0.6 is 56.9 Å². The van der Waals surface area contributed by atoms with Crippen molar-refractivity contribution in [3.05, 3.63) is 59.6 Å². The lowest BCUT2D eigenvalue weighted by molar-refractivity contribution is -0.123. The maximum Gasteiger partial charge on any atom is 0.267 e. The Morgan fingerprint density at radius 1 is 1.25 bits per heavy atom. The van der Waals surface area contributed by atoms with E-state index in [-0.39, 0.29) is 17.7 Å². The Hall–Kier alpha value is -1.07. The van der Waals surface area contributed by atoms with Crippen LogP contribution in [0, 0.1) is 14.1 Å². The molecule has 1 N–H and O–H groups in total. The smallest absolute Gasteiger partial charge is 0.267 e. The minimum Gasteiger partial charge on any atom is -0.506 e. The van der Waals surface area contributed by atoms with E-state index in [2.05, 4.69) is 52.1 Å². The Morgan fingerprint density at radius 3 is 2.57 bits per heavy atom. The lowest BCUT2D eigenvalue weighted by atomic mass is 10.1. The number of amidine groups is 1. The van der Waals surface area contributed by atoms with Crippen LogP contribution in [0.5, 0.6) is 5.75 Å². The van der Waals surface area contributed by atoms with Crippen LogP contribution in [0.15, 0.2) is 46.3 Å². The molecule has 1 aliphatic rings. The van der Waals surface area contributed by atoms with E-state index in [9.17, 15) is 9.90 Å². The summed E-state index contributed by atoms with van der Waals surface area (Å²) in [4.78, 5) is 20.2. The van der Waals surface area contributed by atoms with E-state index in [0.717, 1.165) is 19.2 Å². The number of carbonyl (C=O) groups is 1. The number of aryl methyl sites for hydroxylation is 1. The molecule has 0 radical (unpaired) electrons. The number of hydrogen-bond donors (Lipinski definition) is 1. The summed E-state index contributed by atoms with van der Waals surface area (Å²) in [6, 6.07) is 11.8. The quantitative estimate of drug-likeness (QED) is 0.323. The van der Waals surface area contributed by atoms with Crippen LogP contribution in [0.1, 0.15) is 31.4 Å². The molecule has 2 aromatic carbocycles. The molecule has 0 saturated carbocycles. The van der Waals surface area contributed by atoms with Crippen molar-refractivity contribution >= 4 is 79.8 Å². The highest BCUT2D eigenvalue weighted by Gasteiger charge is 2.36. The molecule has 1 saturated heterocycles. The summed E-state index contributed by atoms with van der Waals surface area (Å²) in [5.41, 5.74) is 2.64. The van der Waals surface area contributed by atoms with Gasteiger partial charge in [-0.1, -0.05) is 24.6 Å². The first kappa shape index (κ1) is 21.6. The molecule has 4 nitrogen and oxygen atoms in total. The Kier molecular flexibility index (Phi) is 7.08. The summed E-state index contributed by atoms with van der Waals surface area (Å²) in [5.74, 6) is 0.124. The van der Waals surface area contributed by atoms with E-state index in [4.69, 9.17) is 4.99 Å². The van der Waals surface area contributed by atoms with Gasteiger partial charge in [-0.3, -0.25) is 9.69 Å². The normalized spacial score (nSPS) is 18.3. The van der Waals surface area contributed by atoms with Gasteiger partial charge >= 0.3 is 0 Å². The van der Waals surface area contributed by atoms with Gasteiger partial charge in [0.2, 0.25) is 0 Å². The zero-order valence-electron chi connectivity index (χ0n) is 15.7. The number of benzene rings is 2. The second-order valence-electron chi connectivity index (χ2n) is 6.60. The molecule has 2 aromatic rings. The predicted molar refractivity (Wildman–Crippen MR) is 134 cm³/mol. The molecule has 0 bridgehead atoms. The summed E-state index contributed by atoms with van der Waals surface area (Å²) < 4.78 is 1.77. The molecule has 146 valence electrons. The van der Waals surface area contributed by atoms with E-state index in [0.29, 0.717) is 15.6 Å². The fourth-order valence-electron chi connectivity index (χ4n) is 2.70. The molecule has 3 rings (SSSR count). The van der Waals surface area contributed by atoms with Crippen LogP contribution in [0.2, 0.25) is 0 Å². The van der Waals surface area contributed by atoms with Gasteiger partial charge in [0.05, 0.1) is 14.2 Å². The molecule has 0 unspecified atom stereocenters. The van der Waals surface area contributed by atoms with E-state index in [1.54, 1.807) is 11.0 Å². The van der Waals surface area contributed by atoms with Crippen LogP contribution in [0.4, 0.5) is 5.69 Å². The first-order valence-electron chi connectivity index (χ1n) is 8.86. The number of nitrogens with zero attached hydrogens (tertiary/aromatic N) is 2. The highest BCUT2D eigenvalue weighted by atomic mass is 127. The second kappa shape index (κ2) is 9.17. The monoisotopic (exact) mass is 618 g/mol. The Bertz CT molecular complexity index is 971. The second-order valence-corrected chi connectivity index (χ2v) is 10.0. The number of halogens is 2. The first-order valence-corrected chi connectivity index (χ1v) is 11.8. The zero-order valence-corrected chi connectivity index (χ0v) is 20.9. The van der Waals surface area contributed by atoms with Gasteiger partial charge in [0.1, 0.15) is 5.75 Å². The van der Waals surface area contributed by atoms with Crippen LogP contribution in [-0.2, 0) is 4.79 Å². The lowest BCUT2D eigenvalue weighted by Gasteiger charge is -2.22. The maximum absolute atomic E-state index is 13.1. The zero-order chi connectivity index (χ0) is 20.4. The van der Waals surface area contributed by atoms with Crippen molar-refractivity contribution in [3.8, 4) is 5.75 Å². The number of hydrogen-bond acceptors (Lipinski definition) is 4. The number of phenols is 1. The van der Waals surface area contributed by atoms with Crippen molar-refractivity contribution in [2.45, 2.75) is 33.2 Å². The van der Waals surface area contributed by atoms with Gasteiger partial charge in [0, 0.05) is 15.2 Å². The predicted octanol–water partition coefficient (Wildman–Crippen LogP) is 6.31. The van der Waals surface area contributed by atoms with Crippen LogP contribution in [0.3, 0.4) is 0 Å². The molecule has 7 heteroatoms. The van der Waals surface area contributed by atoms with Crippen LogP contribution in [0.25, 0.3) is 6.08 Å². The minimum atomic E-state index is -0.0709. The molecule has 0 spiro atoms. The van der Waals surface area contributed by atoms with Crippen molar-refractivity contribution in [3.63, 3.8) is 0 Å². The summed E-state index contributed by atoms with van der Waals surface area (Å²) in [7, 11) is 0. The van der Waals surface area contributed by atoms with E-state index in [1.807, 2.05) is 50.2 Å². The standard InChI is InChI=1S/C21H20I2N2O2S/c1-4-13(3)25-20(27)18(10-14-9-15(22)11-17(23)19(14)26)28-21(25)24-16-7-5-12(2)6-8-16/h5-11,13,26H,4H2,1-3H3/b18-10+,24-21?/t13-/m1/s1. The molecule has 1 atom stereocenters. The third kappa shape index (κ3) is 4.73. The number of amides is 1. The van der Waals surface area contributed by atoms with E-state index in [1.165, 1.54) is 17.3 Å². The number of rotatable bonds is 4. The topological polar surface area (TPSA) is 52.9 Å². The fraction of sp³-hybridized carbons (Fsp3) is 0.238. The summed E-state index contributed by atoms with van der Waals surface area (Å²) in [6.07, 6.45) is 2.60. The van der Waals surface area contributed by atoms with Crippen molar-refractivity contribution in [1.29, 1.82) is 0 Å². The van der Waals surface area contributed by atoms with E-state index < -0.39 is 0 Å². The SMILES string of the molecule is CC[C@@H](C)N1C(=O)/C(=C\c2cc(I)cc(I)c2O)SC1=Nc1ccc(C)cc1. The molecule has 28 heavy (non-hydrogen) atoms. The first-order chi connectivity index (χ1) is 13.3. The molecular formula is C21H20I2N2O2S. The van der Waals surface area contributed by atoms with Gasteiger partial charge < -0.3 is 5.11 Å². The summed E-state index contributed by atoms with van der Waals surface area (Å²) in [5, 5.41) is 11.1. The molecular weight excluding hydrogens is 598 g/mol. The summed E-state index contributed by atoms with van der Waals surface area (Å²) in [6.45, 7) is 6.12. The average Bonchev–Trinajstić information content (AvgIpc) is 2.95. The highest BCUT2D eigenvalue weighted by Crippen LogP contribution is 2.38. The van der Waals surface area contributed by atoms with Crippen molar-refractivity contribution < 1.29 is 9.90 Å². The summed E-state index contributed by atoms with van der Waals surface area (Å²) >= 11 is 5.67. The molecule has 0 aromatic heterocycles. The molecule has 1 aliphatic heterocycles. The van der Waals surface area contributed by atoms with Gasteiger partial charge in [0.25, 0.3) is 5.91 Å². The van der Waals surface area contributed by atoms with Crippen LogP contribution < -0.4 is 0 Å². The number of carbonyl (C=O) groups excluding carboxylic acids is 1. The average molecular weight is 618 g/mol. The maximum atomic E-state index is 13.1. The molecule has 1 heterocycles.